The molecule has 2 unspecified atom stereocenters. The molecule has 0 aromatic carbocycles. The predicted octanol–water partition coefficient (Wildman–Crippen LogP) is 1.31. The van der Waals surface area contributed by atoms with E-state index < -0.39 is 6.29 Å². The Morgan fingerprint density at radius 1 is 1.80 bits per heavy atom. The lowest BCUT2D eigenvalue weighted by Crippen LogP contribution is -2.23. The highest BCUT2D eigenvalue weighted by Gasteiger charge is 2.16. The summed E-state index contributed by atoms with van der Waals surface area (Å²) in [4.78, 5) is 0. The van der Waals surface area contributed by atoms with Crippen LogP contribution in [0.4, 0.5) is 0 Å². The summed E-state index contributed by atoms with van der Waals surface area (Å²) in [6, 6.07) is 0. The van der Waals surface area contributed by atoms with Crippen LogP contribution in [0.2, 0.25) is 0 Å². The van der Waals surface area contributed by atoms with Crippen LogP contribution in [0.25, 0.3) is 0 Å². The summed E-state index contributed by atoms with van der Waals surface area (Å²) in [5, 5.41) is 9.10. The largest absolute Gasteiger partial charge is 0.364 e. The number of hydrogen-bond acceptors (Lipinski definition) is 2. The van der Waals surface area contributed by atoms with Gasteiger partial charge in [0, 0.05) is 5.92 Å². The maximum absolute atomic E-state index is 9.10. The van der Waals surface area contributed by atoms with Crippen molar-refractivity contribution in [3.8, 4) is 0 Å². The van der Waals surface area contributed by atoms with Crippen LogP contribution in [0.3, 0.4) is 0 Å². The van der Waals surface area contributed by atoms with E-state index in [9.17, 15) is 0 Å². The zero-order valence-electron chi connectivity index (χ0n) is 6.50. The Bertz CT molecular complexity index is 140. The van der Waals surface area contributed by atoms with E-state index in [1.165, 1.54) is 0 Å². The Morgan fingerprint density at radius 3 is 3.00 bits per heavy atom. The van der Waals surface area contributed by atoms with E-state index in [0.29, 0.717) is 12.5 Å². The van der Waals surface area contributed by atoms with Gasteiger partial charge in [-0.25, -0.2) is 0 Å². The van der Waals surface area contributed by atoms with Gasteiger partial charge in [-0.1, -0.05) is 13.0 Å². The van der Waals surface area contributed by atoms with E-state index in [1.54, 1.807) is 0 Å². The number of ether oxygens (including phenoxy) is 1. The molecule has 0 bridgehead atoms. The van der Waals surface area contributed by atoms with Crippen LogP contribution in [0, 0.1) is 5.92 Å². The lowest BCUT2D eigenvalue weighted by molar-refractivity contribution is -0.0893. The SMILES string of the molecule is CCC1C=C(C)C(O)OC1. The Balaban J connectivity index is 2.56. The maximum Gasteiger partial charge on any atom is 0.176 e. The monoisotopic (exact) mass is 142 g/mol. The van der Waals surface area contributed by atoms with E-state index in [0.717, 1.165) is 12.0 Å². The van der Waals surface area contributed by atoms with Crippen molar-refractivity contribution < 1.29 is 9.84 Å². The lowest BCUT2D eigenvalue weighted by Gasteiger charge is -2.22. The van der Waals surface area contributed by atoms with E-state index >= 15 is 0 Å². The molecule has 58 valence electrons. The minimum atomic E-state index is -0.650. The van der Waals surface area contributed by atoms with Crippen molar-refractivity contribution in [1.29, 1.82) is 0 Å². The van der Waals surface area contributed by atoms with Gasteiger partial charge in [-0.2, -0.15) is 0 Å². The molecular weight excluding hydrogens is 128 g/mol. The molecule has 2 heteroatoms. The molecule has 0 saturated heterocycles. The first-order valence-electron chi connectivity index (χ1n) is 3.72. The van der Waals surface area contributed by atoms with Crippen molar-refractivity contribution >= 4 is 0 Å². The second-order valence-corrected chi connectivity index (χ2v) is 2.76. The number of aliphatic hydroxyl groups is 1. The van der Waals surface area contributed by atoms with Crippen molar-refractivity contribution in [1.82, 2.24) is 0 Å². The zero-order valence-corrected chi connectivity index (χ0v) is 6.50. The molecule has 0 spiro atoms. The number of aliphatic hydroxyl groups excluding tert-OH is 1. The third-order valence-corrected chi connectivity index (χ3v) is 1.88. The maximum atomic E-state index is 9.10. The van der Waals surface area contributed by atoms with Crippen molar-refractivity contribution in [2.45, 2.75) is 26.6 Å². The van der Waals surface area contributed by atoms with E-state index in [1.807, 2.05) is 6.92 Å². The van der Waals surface area contributed by atoms with Crippen LogP contribution in [0.5, 0.6) is 0 Å². The fraction of sp³-hybridized carbons (Fsp3) is 0.750. The van der Waals surface area contributed by atoms with Crippen molar-refractivity contribution in [2.75, 3.05) is 6.61 Å². The smallest absolute Gasteiger partial charge is 0.176 e. The summed E-state index contributed by atoms with van der Waals surface area (Å²) in [5.41, 5.74) is 0.943. The van der Waals surface area contributed by atoms with Gasteiger partial charge in [0.15, 0.2) is 6.29 Å². The summed E-state index contributed by atoms with van der Waals surface area (Å²) >= 11 is 0. The fourth-order valence-corrected chi connectivity index (χ4v) is 1.08. The fourth-order valence-electron chi connectivity index (χ4n) is 1.08. The van der Waals surface area contributed by atoms with Crippen molar-refractivity contribution in [3.05, 3.63) is 11.6 Å². The molecule has 0 aromatic rings. The first kappa shape index (κ1) is 7.76. The Morgan fingerprint density at radius 2 is 2.50 bits per heavy atom. The van der Waals surface area contributed by atoms with Crippen LogP contribution >= 0.6 is 0 Å². The van der Waals surface area contributed by atoms with Gasteiger partial charge in [0.2, 0.25) is 0 Å². The van der Waals surface area contributed by atoms with Crippen LogP contribution < -0.4 is 0 Å². The van der Waals surface area contributed by atoms with Gasteiger partial charge in [-0.05, 0) is 18.9 Å². The quantitative estimate of drug-likeness (QED) is 0.559. The van der Waals surface area contributed by atoms with Crippen molar-refractivity contribution in [3.63, 3.8) is 0 Å². The third-order valence-electron chi connectivity index (χ3n) is 1.88. The molecule has 0 radical (unpaired) electrons. The first-order chi connectivity index (χ1) is 4.74. The van der Waals surface area contributed by atoms with E-state index in [4.69, 9.17) is 9.84 Å². The minimum absolute atomic E-state index is 0.503. The van der Waals surface area contributed by atoms with Crippen LogP contribution in [-0.4, -0.2) is 18.0 Å². The molecule has 2 nitrogen and oxygen atoms in total. The zero-order chi connectivity index (χ0) is 7.56. The topological polar surface area (TPSA) is 29.5 Å². The van der Waals surface area contributed by atoms with Crippen molar-refractivity contribution in [2.24, 2.45) is 5.92 Å². The molecule has 2 atom stereocenters. The minimum Gasteiger partial charge on any atom is -0.364 e. The van der Waals surface area contributed by atoms with E-state index in [2.05, 4.69) is 13.0 Å². The molecule has 1 rings (SSSR count). The van der Waals surface area contributed by atoms with Gasteiger partial charge in [0.1, 0.15) is 0 Å². The van der Waals surface area contributed by atoms with Gasteiger partial charge in [0.25, 0.3) is 0 Å². The second kappa shape index (κ2) is 3.17. The summed E-state index contributed by atoms with van der Waals surface area (Å²) in [5.74, 6) is 0.503. The van der Waals surface area contributed by atoms with Gasteiger partial charge in [-0.3, -0.25) is 0 Å². The van der Waals surface area contributed by atoms with Gasteiger partial charge in [-0.15, -0.1) is 0 Å². The molecule has 0 saturated carbocycles. The predicted molar refractivity (Wildman–Crippen MR) is 39.5 cm³/mol. The number of rotatable bonds is 1. The molecule has 0 fully saturated rings. The highest BCUT2D eigenvalue weighted by molar-refractivity contribution is 5.06. The normalized spacial score (nSPS) is 33.7. The summed E-state index contributed by atoms with van der Waals surface area (Å²) < 4.78 is 5.08. The highest BCUT2D eigenvalue weighted by Crippen LogP contribution is 2.18. The molecule has 1 heterocycles. The van der Waals surface area contributed by atoms with Crippen LogP contribution in [0.1, 0.15) is 20.3 Å². The van der Waals surface area contributed by atoms with Crippen LogP contribution in [0.15, 0.2) is 11.6 Å². The molecule has 10 heavy (non-hydrogen) atoms. The molecule has 1 aliphatic rings. The van der Waals surface area contributed by atoms with Gasteiger partial charge < -0.3 is 9.84 Å². The molecule has 0 amide bonds. The summed E-state index contributed by atoms with van der Waals surface area (Å²) in [7, 11) is 0. The highest BCUT2D eigenvalue weighted by atomic mass is 16.6. The van der Waals surface area contributed by atoms with Gasteiger partial charge in [0.05, 0.1) is 6.61 Å². The average Bonchev–Trinajstić information content (AvgIpc) is 1.95. The molecule has 1 N–H and O–H groups in total. The molecular formula is C8H14O2. The average molecular weight is 142 g/mol. The molecule has 1 aliphatic heterocycles. The standard InChI is InChI=1S/C8H14O2/c1-3-7-4-6(2)8(9)10-5-7/h4,7-9H,3,5H2,1-2H3. The lowest BCUT2D eigenvalue weighted by atomic mass is 10.0. The Hall–Kier alpha value is -0.340. The third kappa shape index (κ3) is 1.58. The molecule has 0 aliphatic carbocycles. The molecule has 0 aromatic heterocycles. The van der Waals surface area contributed by atoms with E-state index in [-0.39, 0.29) is 0 Å². The van der Waals surface area contributed by atoms with Gasteiger partial charge >= 0.3 is 0 Å². The Kier molecular flexibility index (Phi) is 2.46. The van der Waals surface area contributed by atoms with Crippen LogP contribution in [-0.2, 0) is 4.74 Å². The number of hydrogen-bond donors (Lipinski definition) is 1. The Labute approximate surface area is 61.5 Å². The second-order valence-electron chi connectivity index (χ2n) is 2.76. The summed E-state index contributed by atoms with van der Waals surface area (Å²) in [6.07, 6.45) is 2.53. The first-order valence-corrected chi connectivity index (χ1v) is 3.72. The summed E-state index contributed by atoms with van der Waals surface area (Å²) in [6.45, 7) is 4.68.